The quantitative estimate of drug-likeness (QED) is 0.733. The van der Waals surface area contributed by atoms with Crippen molar-refractivity contribution in [3.05, 3.63) is 11.6 Å². The van der Waals surface area contributed by atoms with Crippen LogP contribution in [0.1, 0.15) is 24.6 Å². The molecule has 0 aliphatic carbocycles. The largest absolute Gasteiger partial charge is 0.451 e. The topological polar surface area (TPSA) is 51.0 Å². The molecule has 0 saturated heterocycles. The zero-order valence-electron chi connectivity index (χ0n) is 9.41. The maximum absolute atomic E-state index is 12.6. The number of fused-ring (bicyclic) bond motifs is 1. The van der Waals surface area contributed by atoms with Crippen molar-refractivity contribution >= 4 is 17.5 Å². The summed E-state index contributed by atoms with van der Waals surface area (Å²) in [6, 6.07) is -0.561. The molecule has 1 aromatic rings. The Labute approximate surface area is 106 Å². The lowest BCUT2D eigenvalue weighted by Gasteiger charge is -2.33. The fourth-order valence-electron chi connectivity index (χ4n) is 2.01. The minimum absolute atomic E-state index is 0.0180. The molecule has 0 radical (unpaired) electrons. The van der Waals surface area contributed by atoms with Crippen LogP contribution in [0.5, 0.6) is 0 Å². The third-order valence-electron chi connectivity index (χ3n) is 2.87. The summed E-state index contributed by atoms with van der Waals surface area (Å²) in [7, 11) is 0. The number of hydrogen-bond donors (Lipinski definition) is 0. The molecule has 2 rings (SSSR count). The van der Waals surface area contributed by atoms with Crippen LogP contribution in [0.15, 0.2) is 0 Å². The zero-order chi connectivity index (χ0) is 13.5. The molecule has 0 N–H and O–H groups in total. The summed E-state index contributed by atoms with van der Waals surface area (Å²) in [4.78, 5) is 12.9. The maximum Gasteiger partial charge on any atom is 0.451 e. The van der Waals surface area contributed by atoms with Crippen LogP contribution in [0.3, 0.4) is 0 Å². The zero-order valence-corrected chi connectivity index (χ0v) is 10.2. The lowest BCUT2D eigenvalue weighted by Crippen LogP contribution is -2.42. The lowest BCUT2D eigenvalue weighted by atomic mass is 10.2. The van der Waals surface area contributed by atoms with Gasteiger partial charge in [0.15, 0.2) is 5.82 Å². The van der Waals surface area contributed by atoms with Gasteiger partial charge in [0.25, 0.3) is 0 Å². The predicted molar refractivity (Wildman–Crippen MR) is 55.9 cm³/mol. The van der Waals surface area contributed by atoms with Crippen LogP contribution in [0.4, 0.5) is 13.2 Å². The van der Waals surface area contributed by atoms with Crippen molar-refractivity contribution in [1.82, 2.24) is 19.7 Å². The molecule has 100 valence electrons. The Balaban J connectivity index is 2.35. The molecule has 0 spiro atoms. The molecule has 1 aromatic heterocycles. The number of carbonyl (C=O) groups is 1. The second-order valence-electron chi connectivity index (χ2n) is 3.93. The highest BCUT2D eigenvalue weighted by Crippen LogP contribution is 2.32. The van der Waals surface area contributed by atoms with Crippen LogP contribution < -0.4 is 0 Å². The minimum atomic E-state index is -4.54. The molecule has 1 atom stereocenters. The minimum Gasteiger partial charge on any atom is -0.330 e. The smallest absolute Gasteiger partial charge is 0.330 e. The Morgan fingerprint density at radius 3 is 2.67 bits per heavy atom. The molecule has 0 saturated carbocycles. The average Bonchev–Trinajstić information content (AvgIpc) is 2.73. The molecule has 1 unspecified atom stereocenters. The second kappa shape index (κ2) is 4.42. The third-order valence-corrected chi connectivity index (χ3v) is 3.10. The molecule has 0 bridgehead atoms. The van der Waals surface area contributed by atoms with E-state index in [1.54, 1.807) is 6.92 Å². The van der Waals surface area contributed by atoms with Crippen LogP contribution in [-0.2, 0) is 17.5 Å². The first-order valence-corrected chi connectivity index (χ1v) is 5.75. The van der Waals surface area contributed by atoms with E-state index in [0.717, 1.165) is 4.57 Å². The first kappa shape index (κ1) is 13.1. The van der Waals surface area contributed by atoms with Crippen LogP contribution in [0.2, 0.25) is 0 Å². The van der Waals surface area contributed by atoms with Crippen molar-refractivity contribution in [3.63, 3.8) is 0 Å². The molecule has 1 aliphatic rings. The molecule has 1 amide bonds. The number of nitrogens with zero attached hydrogens (tertiary/aromatic N) is 4. The Bertz CT molecular complexity index is 473. The number of amides is 1. The van der Waals surface area contributed by atoms with Gasteiger partial charge in [-0.3, -0.25) is 4.79 Å². The first-order chi connectivity index (χ1) is 8.36. The van der Waals surface area contributed by atoms with Gasteiger partial charge in [-0.2, -0.15) is 13.2 Å². The van der Waals surface area contributed by atoms with Gasteiger partial charge < -0.3 is 9.47 Å². The number of halogens is 4. The highest BCUT2D eigenvalue weighted by atomic mass is 35.5. The number of rotatable bonds is 1. The van der Waals surface area contributed by atoms with Gasteiger partial charge in [-0.15, -0.1) is 21.8 Å². The van der Waals surface area contributed by atoms with Gasteiger partial charge in [0.05, 0.1) is 6.04 Å². The Morgan fingerprint density at radius 1 is 1.44 bits per heavy atom. The van der Waals surface area contributed by atoms with Crippen molar-refractivity contribution in [3.8, 4) is 0 Å². The van der Waals surface area contributed by atoms with E-state index in [-0.39, 0.29) is 30.7 Å². The van der Waals surface area contributed by atoms with Crippen molar-refractivity contribution < 1.29 is 18.0 Å². The summed E-state index contributed by atoms with van der Waals surface area (Å²) in [5.74, 6) is -1.42. The van der Waals surface area contributed by atoms with Gasteiger partial charge in [-0.25, -0.2) is 0 Å². The van der Waals surface area contributed by atoms with Crippen LogP contribution in [0, 0.1) is 0 Å². The summed E-state index contributed by atoms with van der Waals surface area (Å²) in [6.45, 7) is 1.79. The van der Waals surface area contributed by atoms with E-state index in [9.17, 15) is 18.0 Å². The Hall–Kier alpha value is -1.31. The molecular weight excluding hydrogens is 273 g/mol. The van der Waals surface area contributed by atoms with Crippen molar-refractivity contribution in [2.24, 2.45) is 0 Å². The van der Waals surface area contributed by atoms with Crippen LogP contribution in [-0.4, -0.2) is 38.0 Å². The van der Waals surface area contributed by atoms with E-state index in [2.05, 4.69) is 10.2 Å². The molecule has 0 fully saturated rings. The number of alkyl halides is 4. The van der Waals surface area contributed by atoms with Gasteiger partial charge >= 0.3 is 6.18 Å². The monoisotopic (exact) mass is 282 g/mol. The summed E-state index contributed by atoms with van der Waals surface area (Å²) in [6.07, 6.45) is -4.54. The summed E-state index contributed by atoms with van der Waals surface area (Å²) in [5.41, 5.74) is 0. The number of carbonyl (C=O) groups excluding carboxylic acids is 1. The summed E-state index contributed by atoms with van der Waals surface area (Å²) in [5, 5.41) is 6.68. The summed E-state index contributed by atoms with van der Waals surface area (Å²) >= 11 is 5.44. The highest BCUT2D eigenvalue weighted by molar-refractivity contribution is 6.27. The third kappa shape index (κ3) is 2.05. The Morgan fingerprint density at radius 2 is 2.11 bits per heavy atom. The maximum atomic E-state index is 12.6. The molecule has 2 heterocycles. The van der Waals surface area contributed by atoms with E-state index in [0.29, 0.717) is 0 Å². The van der Waals surface area contributed by atoms with Crippen molar-refractivity contribution in [2.45, 2.75) is 25.7 Å². The van der Waals surface area contributed by atoms with Gasteiger partial charge in [-0.05, 0) is 6.92 Å². The van der Waals surface area contributed by atoms with E-state index >= 15 is 0 Å². The highest BCUT2D eigenvalue weighted by Gasteiger charge is 2.41. The van der Waals surface area contributed by atoms with E-state index in [1.807, 2.05) is 0 Å². The summed E-state index contributed by atoms with van der Waals surface area (Å²) < 4.78 is 38.9. The molecule has 9 heteroatoms. The van der Waals surface area contributed by atoms with Gasteiger partial charge in [0.1, 0.15) is 5.88 Å². The van der Waals surface area contributed by atoms with Crippen molar-refractivity contribution in [2.75, 3.05) is 12.4 Å². The second-order valence-corrected chi connectivity index (χ2v) is 4.20. The predicted octanol–water partition coefficient (Wildman–Crippen LogP) is 1.44. The van der Waals surface area contributed by atoms with E-state index in [4.69, 9.17) is 11.6 Å². The van der Waals surface area contributed by atoms with Crippen LogP contribution in [0.25, 0.3) is 0 Å². The first-order valence-electron chi connectivity index (χ1n) is 5.22. The van der Waals surface area contributed by atoms with Crippen molar-refractivity contribution in [1.29, 1.82) is 0 Å². The molecule has 18 heavy (non-hydrogen) atoms. The SMILES string of the molecule is CC1c2nnc(C(F)(F)F)n2CCN1C(=O)CCl. The fourth-order valence-corrected chi connectivity index (χ4v) is 2.17. The van der Waals surface area contributed by atoms with Gasteiger partial charge in [0.2, 0.25) is 11.7 Å². The van der Waals surface area contributed by atoms with Gasteiger partial charge in [-0.1, -0.05) is 0 Å². The molecule has 0 aromatic carbocycles. The van der Waals surface area contributed by atoms with E-state index < -0.39 is 18.0 Å². The molecule has 5 nitrogen and oxygen atoms in total. The standard InChI is InChI=1S/C9H10ClF3N4O/c1-5-7-14-15-8(9(11,12)13)17(7)3-2-16(5)6(18)4-10/h5H,2-4H2,1H3. The van der Waals surface area contributed by atoms with E-state index in [1.165, 1.54) is 4.90 Å². The Kier molecular flexibility index (Phi) is 3.22. The average molecular weight is 283 g/mol. The number of hydrogen-bond acceptors (Lipinski definition) is 3. The normalized spacial score (nSPS) is 19.8. The molecular formula is C9H10ClF3N4O. The lowest BCUT2D eigenvalue weighted by molar-refractivity contribution is -0.148. The fraction of sp³-hybridized carbons (Fsp3) is 0.667. The van der Waals surface area contributed by atoms with Crippen LogP contribution >= 0.6 is 11.6 Å². The molecule has 1 aliphatic heterocycles. The van der Waals surface area contributed by atoms with Gasteiger partial charge in [0, 0.05) is 13.1 Å². The number of aromatic nitrogens is 3.